The average Bonchev–Trinajstić information content (AvgIpc) is 3.01. The zero-order chi connectivity index (χ0) is 21.5. The summed E-state index contributed by atoms with van der Waals surface area (Å²) in [6.45, 7) is 4.14. The van der Waals surface area contributed by atoms with Gasteiger partial charge in [-0.15, -0.1) is 12.4 Å². The number of amides is 1. The van der Waals surface area contributed by atoms with Crippen molar-refractivity contribution in [2.24, 2.45) is 0 Å². The molecule has 0 saturated carbocycles. The molecule has 170 valence electrons. The van der Waals surface area contributed by atoms with Gasteiger partial charge in [0.15, 0.2) is 11.5 Å². The van der Waals surface area contributed by atoms with Crippen LogP contribution in [0.1, 0.15) is 40.7 Å². The lowest BCUT2D eigenvalue weighted by molar-refractivity contribution is 0.0931. The first-order chi connectivity index (χ1) is 14.5. The second-order valence-corrected chi connectivity index (χ2v) is 7.66. The Kier molecular flexibility index (Phi) is 9.40. The number of rotatable bonds is 7. The summed E-state index contributed by atoms with van der Waals surface area (Å²) in [6.07, 6.45) is 5.22. The van der Waals surface area contributed by atoms with Gasteiger partial charge in [-0.25, -0.2) is 0 Å². The number of carbonyl (C=O) groups excluding carboxylic acids is 1. The SMILES string of the molecule is COc1ccc(CCn2ccc(C)c(C(=O)NC3CCCNCC3)c2=O)cc1OC.Cl. The number of pyridine rings is 1. The second-order valence-electron chi connectivity index (χ2n) is 7.66. The predicted octanol–water partition coefficient (Wildman–Crippen LogP) is 2.71. The lowest BCUT2D eigenvalue weighted by atomic mass is 10.1. The van der Waals surface area contributed by atoms with E-state index in [0.717, 1.165) is 37.9 Å². The van der Waals surface area contributed by atoms with E-state index in [1.165, 1.54) is 0 Å². The van der Waals surface area contributed by atoms with Gasteiger partial charge in [-0.05, 0) is 75.0 Å². The number of nitrogens with zero attached hydrogens (tertiary/aromatic N) is 1. The van der Waals surface area contributed by atoms with Gasteiger partial charge < -0.3 is 24.7 Å². The molecule has 1 aliphatic heterocycles. The fraction of sp³-hybridized carbons (Fsp3) is 0.478. The minimum absolute atomic E-state index is 0. The van der Waals surface area contributed by atoms with E-state index in [4.69, 9.17) is 9.47 Å². The van der Waals surface area contributed by atoms with E-state index in [2.05, 4.69) is 10.6 Å². The molecular weight excluding hydrogens is 418 g/mol. The maximum Gasteiger partial charge on any atom is 0.263 e. The van der Waals surface area contributed by atoms with Gasteiger partial charge >= 0.3 is 0 Å². The number of hydrogen-bond donors (Lipinski definition) is 2. The van der Waals surface area contributed by atoms with Crippen LogP contribution in [0.25, 0.3) is 0 Å². The first-order valence-electron chi connectivity index (χ1n) is 10.5. The Hall–Kier alpha value is -2.51. The predicted molar refractivity (Wildman–Crippen MR) is 124 cm³/mol. The third kappa shape index (κ3) is 6.24. The normalized spacial score (nSPS) is 16.0. The Labute approximate surface area is 189 Å². The number of ether oxygens (including phenoxy) is 2. The number of methoxy groups -OCH3 is 2. The van der Waals surface area contributed by atoms with Crippen molar-refractivity contribution in [1.82, 2.24) is 15.2 Å². The van der Waals surface area contributed by atoms with E-state index in [9.17, 15) is 9.59 Å². The molecule has 1 fully saturated rings. The standard InChI is InChI=1S/C23H31N3O4.ClH/c1-16-9-13-26(14-10-17-6-7-19(29-2)20(15-17)30-3)23(28)21(16)22(27)25-18-5-4-11-24-12-8-18;/h6-7,9,13,15,18,24H,4-5,8,10-12,14H2,1-3H3,(H,25,27);1H. The molecule has 8 heteroatoms. The second kappa shape index (κ2) is 11.8. The van der Waals surface area contributed by atoms with E-state index < -0.39 is 0 Å². The summed E-state index contributed by atoms with van der Waals surface area (Å²) in [6, 6.07) is 7.65. The molecule has 31 heavy (non-hydrogen) atoms. The molecule has 1 unspecified atom stereocenters. The summed E-state index contributed by atoms with van der Waals surface area (Å²) in [7, 11) is 3.20. The van der Waals surface area contributed by atoms with Gasteiger partial charge in [0.1, 0.15) is 5.56 Å². The van der Waals surface area contributed by atoms with E-state index in [0.29, 0.717) is 30.0 Å². The van der Waals surface area contributed by atoms with Gasteiger partial charge in [0.2, 0.25) is 0 Å². The first-order valence-corrected chi connectivity index (χ1v) is 10.5. The van der Waals surface area contributed by atoms with Crippen LogP contribution in [0.15, 0.2) is 35.3 Å². The third-order valence-corrected chi connectivity index (χ3v) is 5.60. The highest BCUT2D eigenvalue weighted by atomic mass is 35.5. The summed E-state index contributed by atoms with van der Waals surface area (Å²) in [5.74, 6) is 1.05. The van der Waals surface area contributed by atoms with Crippen LogP contribution in [0.4, 0.5) is 0 Å². The number of aryl methyl sites for hydroxylation is 3. The van der Waals surface area contributed by atoms with Crippen molar-refractivity contribution in [1.29, 1.82) is 0 Å². The van der Waals surface area contributed by atoms with E-state index >= 15 is 0 Å². The smallest absolute Gasteiger partial charge is 0.263 e. The molecule has 1 saturated heterocycles. The van der Waals surface area contributed by atoms with Crippen molar-refractivity contribution in [2.75, 3.05) is 27.3 Å². The van der Waals surface area contributed by atoms with Gasteiger partial charge in [0, 0.05) is 18.8 Å². The van der Waals surface area contributed by atoms with Crippen LogP contribution in [0, 0.1) is 6.92 Å². The molecule has 2 aromatic rings. The molecule has 0 spiro atoms. The summed E-state index contributed by atoms with van der Waals surface area (Å²) in [5, 5.41) is 6.40. The number of hydrogen-bond acceptors (Lipinski definition) is 5. The Morgan fingerprint density at radius 2 is 1.94 bits per heavy atom. The van der Waals surface area contributed by atoms with Crippen LogP contribution in [-0.2, 0) is 13.0 Å². The zero-order valence-electron chi connectivity index (χ0n) is 18.4. The molecule has 1 amide bonds. The molecule has 1 aromatic carbocycles. The van der Waals surface area contributed by atoms with Crippen molar-refractivity contribution in [3.05, 3.63) is 57.5 Å². The average molecular weight is 450 g/mol. The number of carbonyl (C=O) groups is 1. The maximum absolute atomic E-state index is 13.0. The highest BCUT2D eigenvalue weighted by Crippen LogP contribution is 2.27. The molecule has 0 aliphatic carbocycles. The Morgan fingerprint density at radius 3 is 2.68 bits per heavy atom. The van der Waals surface area contributed by atoms with E-state index in [-0.39, 0.29) is 35.5 Å². The van der Waals surface area contributed by atoms with Crippen LogP contribution in [0.2, 0.25) is 0 Å². The van der Waals surface area contributed by atoms with Crippen LogP contribution >= 0.6 is 12.4 Å². The fourth-order valence-corrected chi connectivity index (χ4v) is 3.82. The van der Waals surface area contributed by atoms with Crippen molar-refractivity contribution < 1.29 is 14.3 Å². The maximum atomic E-state index is 13.0. The number of benzene rings is 1. The Balaban J connectivity index is 0.00000341. The molecule has 1 aromatic heterocycles. The number of nitrogens with one attached hydrogen (secondary N) is 2. The fourth-order valence-electron chi connectivity index (χ4n) is 3.82. The quantitative estimate of drug-likeness (QED) is 0.679. The monoisotopic (exact) mass is 449 g/mol. The van der Waals surface area contributed by atoms with Crippen molar-refractivity contribution >= 4 is 18.3 Å². The Bertz CT molecular complexity index is 937. The van der Waals surface area contributed by atoms with Gasteiger partial charge in [-0.3, -0.25) is 9.59 Å². The highest BCUT2D eigenvalue weighted by Gasteiger charge is 2.20. The molecule has 0 radical (unpaired) electrons. The molecule has 7 nitrogen and oxygen atoms in total. The van der Waals surface area contributed by atoms with Crippen molar-refractivity contribution in [3.8, 4) is 11.5 Å². The van der Waals surface area contributed by atoms with Gasteiger partial charge in [-0.1, -0.05) is 6.07 Å². The molecule has 3 rings (SSSR count). The summed E-state index contributed by atoms with van der Waals surface area (Å²) in [5.41, 5.74) is 1.71. The first kappa shape index (κ1) is 24.8. The minimum atomic E-state index is -0.273. The van der Waals surface area contributed by atoms with E-state index in [1.807, 2.05) is 31.2 Å². The molecular formula is C23H32ClN3O4. The van der Waals surface area contributed by atoms with Crippen LogP contribution in [0.5, 0.6) is 11.5 Å². The third-order valence-electron chi connectivity index (χ3n) is 5.60. The lowest BCUT2D eigenvalue weighted by Gasteiger charge is -2.17. The molecule has 0 bridgehead atoms. The van der Waals surface area contributed by atoms with E-state index in [1.54, 1.807) is 25.0 Å². The molecule has 2 N–H and O–H groups in total. The zero-order valence-corrected chi connectivity index (χ0v) is 19.2. The van der Waals surface area contributed by atoms with Crippen molar-refractivity contribution in [2.45, 2.75) is 45.2 Å². The van der Waals surface area contributed by atoms with Crippen LogP contribution < -0.4 is 25.7 Å². The van der Waals surface area contributed by atoms with Gasteiger partial charge in [0.05, 0.1) is 14.2 Å². The molecule has 1 atom stereocenters. The largest absolute Gasteiger partial charge is 0.493 e. The summed E-state index contributed by atoms with van der Waals surface area (Å²) in [4.78, 5) is 25.9. The summed E-state index contributed by atoms with van der Waals surface area (Å²) < 4.78 is 12.2. The number of aromatic nitrogens is 1. The number of halogens is 1. The topological polar surface area (TPSA) is 81.6 Å². The minimum Gasteiger partial charge on any atom is -0.493 e. The molecule has 2 heterocycles. The van der Waals surface area contributed by atoms with Gasteiger partial charge in [-0.2, -0.15) is 0 Å². The summed E-state index contributed by atoms with van der Waals surface area (Å²) >= 11 is 0. The van der Waals surface area contributed by atoms with Crippen molar-refractivity contribution in [3.63, 3.8) is 0 Å². The van der Waals surface area contributed by atoms with Gasteiger partial charge in [0.25, 0.3) is 11.5 Å². The lowest BCUT2D eigenvalue weighted by Crippen LogP contribution is -2.40. The Morgan fingerprint density at radius 1 is 1.16 bits per heavy atom. The highest BCUT2D eigenvalue weighted by molar-refractivity contribution is 5.95. The van der Waals surface area contributed by atoms with Crippen LogP contribution in [-0.4, -0.2) is 43.8 Å². The van der Waals surface area contributed by atoms with Crippen LogP contribution in [0.3, 0.4) is 0 Å². The molecule has 1 aliphatic rings.